The quantitative estimate of drug-likeness (QED) is 0.768. The van der Waals surface area contributed by atoms with Gasteiger partial charge in [0.15, 0.2) is 11.5 Å². The summed E-state index contributed by atoms with van der Waals surface area (Å²) in [7, 11) is 4.16. The van der Waals surface area contributed by atoms with Gasteiger partial charge in [-0.1, -0.05) is 18.2 Å². The van der Waals surface area contributed by atoms with Crippen LogP contribution in [0.1, 0.15) is 28.4 Å². The normalized spacial score (nSPS) is 11.4. The molecule has 0 fully saturated rings. The summed E-state index contributed by atoms with van der Waals surface area (Å²) in [5, 5.41) is 2.76. The molecule has 0 bridgehead atoms. The van der Waals surface area contributed by atoms with Gasteiger partial charge in [0.2, 0.25) is 0 Å². The summed E-state index contributed by atoms with van der Waals surface area (Å²) >= 11 is 0. The fourth-order valence-electron chi connectivity index (χ4n) is 2.50. The van der Waals surface area contributed by atoms with Gasteiger partial charge < -0.3 is 19.5 Å². The van der Waals surface area contributed by atoms with Crippen LogP contribution < -0.4 is 14.8 Å². The number of benzene rings is 2. The Morgan fingerprint density at radius 2 is 1.73 bits per heavy atom. The topological polar surface area (TPSA) is 73.9 Å². The van der Waals surface area contributed by atoms with E-state index in [1.165, 1.54) is 45.6 Å². The van der Waals surface area contributed by atoms with Gasteiger partial charge in [0, 0.05) is 0 Å². The number of nitrogens with one attached hydrogen (secondary N) is 1. The first kappa shape index (κ1) is 19.2. The van der Waals surface area contributed by atoms with Crippen molar-refractivity contribution >= 4 is 11.9 Å². The summed E-state index contributed by atoms with van der Waals surface area (Å²) < 4.78 is 28.3. The third kappa shape index (κ3) is 4.50. The van der Waals surface area contributed by atoms with E-state index >= 15 is 0 Å². The van der Waals surface area contributed by atoms with E-state index in [0.29, 0.717) is 11.3 Å². The number of hydrogen-bond acceptors (Lipinski definition) is 5. The number of amides is 1. The molecule has 138 valence electrons. The monoisotopic (exact) mass is 361 g/mol. The zero-order chi connectivity index (χ0) is 19.1. The minimum atomic E-state index is -0.688. The maximum absolute atomic E-state index is 13.2. The molecule has 2 aromatic carbocycles. The number of para-hydroxylation sites is 1. The highest BCUT2D eigenvalue weighted by atomic mass is 19.1. The van der Waals surface area contributed by atoms with Crippen molar-refractivity contribution in [3.8, 4) is 11.5 Å². The number of carbonyl (C=O) groups is 2. The lowest BCUT2D eigenvalue weighted by Crippen LogP contribution is -2.30. The molecule has 0 aliphatic carbocycles. The van der Waals surface area contributed by atoms with Crippen LogP contribution in [0.4, 0.5) is 4.39 Å². The van der Waals surface area contributed by atoms with Crippen molar-refractivity contribution in [1.82, 2.24) is 5.32 Å². The average molecular weight is 361 g/mol. The van der Waals surface area contributed by atoms with Gasteiger partial charge in [0.05, 0.1) is 39.4 Å². The summed E-state index contributed by atoms with van der Waals surface area (Å²) in [6, 6.07) is 9.75. The molecular formula is C19H20FNO5. The average Bonchev–Trinajstić information content (AvgIpc) is 2.66. The highest BCUT2D eigenvalue weighted by molar-refractivity contribution is 5.98. The summed E-state index contributed by atoms with van der Waals surface area (Å²) in [4.78, 5) is 24.5. The summed E-state index contributed by atoms with van der Waals surface area (Å²) in [6.45, 7) is 0. The molecule has 7 heteroatoms. The van der Waals surface area contributed by atoms with Crippen molar-refractivity contribution in [1.29, 1.82) is 0 Å². The molecule has 0 spiro atoms. The molecule has 0 heterocycles. The molecule has 26 heavy (non-hydrogen) atoms. The summed E-state index contributed by atoms with van der Waals surface area (Å²) in [6.07, 6.45) is -0.0971. The van der Waals surface area contributed by atoms with Gasteiger partial charge in [-0.3, -0.25) is 9.59 Å². The van der Waals surface area contributed by atoms with E-state index in [0.717, 1.165) is 0 Å². The predicted octanol–water partition coefficient (Wildman–Crippen LogP) is 2.88. The number of rotatable bonds is 7. The first-order chi connectivity index (χ1) is 12.5. The van der Waals surface area contributed by atoms with Gasteiger partial charge in [0.25, 0.3) is 5.91 Å². The third-order valence-electron chi connectivity index (χ3n) is 3.82. The van der Waals surface area contributed by atoms with Crippen molar-refractivity contribution in [2.24, 2.45) is 0 Å². The van der Waals surface area contributed by atoms with Crippen LogP contribution in [-0.2, 0) is 9.53 Å². The number of hydrogen-bond donors (Lipinski definition) is 1. The predicted molar refractivity (Wildman–Crippen MR) is 92.8 cm³/mol. The molecule has 1 N–H and O–H groups in total. The second kappa shape index (κ2) is 8.84. The number of ether oxygens (including phenoxy) is 3. The van der Waals surface area contributed by atoms with Gasteiger partial charge >= 0.3 is 5.97 Å². The Bertz CT molecular complexity index is 776. The van der Waals surface area contributed by atoms with Crippen LogP contribution in [0.5, 0.6) is 11.5 Å². The van der Waals surface area contributed by atoms with Crippen molar-refractivity contribution < 1.29 is 28.2 Å². The lowest BCUT2D eigenvalue weighted by atomic mass is 10.0. The van der Waals surface area contributed by atoms with Crippen LogP contribution in [0.3, 0.4) is 0 Å². The fourth-order valence-corrected chi connectivity index (χ4v) is 2.50. The van der Waals surface area contributed by atoms with Gasteiger partial charge in [-0.05, 0) is 29.8 Å². The Balaban J connectivity index is 2.31. The molecule has 2 rings (SSSR count). The largest absolute Gasteiger partial charge is 0.493 e. The lowest BCUT2D eigenvalue weighted by Gasteiger charge is -2.19. The molecule has 0 aliphatic heterocycles. The van der Waals surface area contributed by atoms with E-state index in [-0.39, 0.29) is 17.7 Å². The molecule has 1 amide bonds. The molecule has 2 aromatic rings. The maximum atomic E-state index is 13.2. The van der Waals surface area contributed by atoms with E-state index in [4.69, 9.17) is 9.47 Å². The first-order valence-electron chi connectivity index (χ1n) is 7.84. The van der Waals surface area contributed by atoms with Crippen LogP contribution in [0.2, 0.25) is 0 Å². The number of carbonyl (C=O) groups excluding carboxylic acids is 2. The van der Waals surface area contributed by atoms with Crippen molar-refractivity contribution in [3.05, 3.63) is 59.4 Å². The second-order valence-corrected chi connectivity index (χ2v) is 5.40. The second-order valence-electron chi connectivity index (χ2n) is 5.40. The number of methoxy groups -OCH3 is 3. The lowest BCUT2D eigenvalue weighted by molar-refractivity contribution is -0.141. The molecule has 0 radical (unpaired) electrons. The van der Waals surface area contributed by atoms with Crippen LogP contribution in [0.25, 0.3) is 0 Å². The molecule has 0 saturated heterocycles. The first-order valence-corrected chi connectivity index (χ1v) is 7.84. The van der Waals surface area contributed by atoms with E-state index in [2.05, 4.69) is 10.1 Å². The van der Waals surface area contributed by atoms with E-state index in [9.17, 15) is 14.0 Å². The highest BCUT2D eigenvalue weighted by Gasteiger charge is 2.23. The molecule has 0 saturated carbocycles. The third-order valence-corrected chi connectivity index (χ3v) is 3.82. The minimum absolute atomic E-state index is 0.0971. The Kier molecular flexibility index (Phi) is 6.54. The molecular weight excluding hydrogens is 341 g/mol. The van der Waals surface area contributed by atoms with Gasteiger partial charge in [0.1, 0.15) is 5.82 Å². The van der Waals surface area contributed by atoms with Gasteiger partial charge in [-0.15, -0.1) is 0 Å². The summed E-state index contributed by atoms with van der Waals surface area (Å²) in [5.74, 6) is -0.683. The zero-order valence-corrected chi connectivity index (χ0v) is 14.7. The minimum Gasteiger partial charge on any atom is -0.493 e. The maximum Gasteiger partial charge on any atom is 0.307 e. The number of halogens is 1. The van der Waals surface area contributed by atoms with Crippen LogP contribution in [0, 0.1) is 5.82 Å². The molecule has 0 unspecified atom stereocenters. The summed E-state index contributed by atoms with van der Waals surface area (Å²) in [5.41, 5.74) is 0.829. The Morgan fingerprint density at radius 3 is 2.31 bits per heavy atom. The molecule has 6 nitrogen and oxygen atoms in total. The van der Waals surface area contributed by atoms with Gasteiger partial charge in [-0.25, -0.2) is 4.39 Å². The van der Waals surface area contributed by atoms with Crippen molar-refractivity contribution in [2.75, 3.05) is 21.3 Å². The van der Waals surface area contributed by atoms with E-state index in [1.807, 2.05) is 0 Å². The zero-order valence-electron chi connectivity index (χ0n) is 14.7. The van der Waals surface area contributed by atoms with Crippen LogP contribution in [0.15, 0.2) is 42.5 Å². The molecule has 1 atom stereocenters. The SMILES string of the molecule is COC(=O)C[C@@H](NC(=O)c1cccc(OC)c1OC)c1ccc(F)cc1. The Morgan fingerprint density at radius 1 is 1.04 bits per heavy atom. The van der Waals surface area contributed by atoms with Gasteiger partial charge in [-0.2, -0.15) is 0 Å². The standard InChI is InChI=1S/C19H20FNO5/c1-24-16-6-4-5-14(18(16)26-3)19(23)21-15(11-17(22)25-2)12-7-9-13(20)10-8-12/h4-10,15H,11H2,1-3H3,(H,21,23)/t15-/m1/s1. The highest BCUT2D eigenvalue weighted by Crippen LogP contribution is 2.31. The van der Waals surface area contributed by atoms with Crippen molar-refractivity contribution in [2.45, 2.75) is 12.5 Å². The van der Waals surface area contributed by atoms with Crippen LogP contribution >= 0.6 is 0 Å². The Labute approximate surface area is 150 Å². The van der Waals surface area contributed by atoms with E-state index < -0.39 is 23.7 Å². The Hall–Kier alpha value is -3.09. The molecule has 0 aromatic heterocycles. The smallest absolute Gasteiger partial charge is 0.307 e. The van der Waals surface area contributed by atoms with Crippen molar-refractivity contribution in [3.63, 3.8) is 0 Å². The number of esters is 1. The molecule has 0 aliphatic rings. The van der Waals surface area contributed by atoms with E-state index in [1.54, 1.807) is 18.2 Å². The fraction of sp³-hybridized carbons (Fsp3) is 0.263. The van der Waals surface area contributed by atoms with Crippen LogP contribution in [-0.4, -0.2) is 33.2 Å².